The normalized spacial score (nSPS) is 15.4. The quantitative estimate of drug-likeness (QED) is 0.865. The van der Waals surface area contributed by atoms with Crippen LogP contribution in [0.25, 0.3) is 0 Å². The van der Waals surface area contributed by atoms with Gasteiger partial charge in [-0.2, -0.15) is 0 Å². The Balaban J connectivity index is 2.03. The summed E-state index contributed by atoms with van der Waals surface area (Å²) in [6, 6.07) is 5.19. The number of methoxy groups -OCH3 is 1. The van der Waals surface area contributed by atoms with Crippen LogP contribution in [0.5, 0.6) is 11.5 Å². The molecule has 0 spiro atoms. The highest BCUT2D eigenvalue weighted by Gasteiger charge is 2.25. The predicted molar refractivity (Wildman–Crippen MR) is 89.6 cm³/mol. The second kappa shape index (κ2) is 8.04. The number of carboxylic acid groups (broad SMARTS) is 1. The molecule has 1 saturated heterocycles. The third-order valence-corrected chi connectivity index (χ3v) is 4.14. The van der Waals surface area contributed by atoms with Crippen LogP contribution in [0, 0.1) is 5.92 Å². The van der Waals surface area contributed by atoms with Gasteiger partial charge in [0.2, 0.25) is 0 Å². The van der Waals surface area contributed by atoms with Gasteiger partial charge in [-0.1, -0.05) is 0 Å². The van der Waals surface area contributed by atoms with Gasteiger partial charge in [0, 0.05) is 25.1 Å². The number of carbonyl (C=O) groups is 2. The van der Waals surface area contributed by atoms with Crippen molar-refractivity contribution < 1.29 is 24.2 Å². The summed E-state index contributed by atoms with van der Waals surface area (Å²) in [6.07, 6.45) is 1.65. The van der Waals surface area contributed by atoms with E-state index >= 15 is 0 Å². The number of benzene rings is 1. The topological polar surface area (TPSA) is 76.1 Å². The van der Waals surface area contributed by atoms with E-state index in [9.17, 15) is 9.59 Å². The monoisotopic (exact) mass is 335 g/mol. The molecule has 0 aliphatic carbocycles. The first-order valence-electron chi connectivity index (χ1n) is 8.26. The highest BCUT2D eigenvalue weighted by atomic mass is 16.5. The average molecular weight is 335 g/mol. The van der Waals surface area contributed by atoms with Crippen LogP contribution in [0.1, 0.15) is 43.5 Å². The Morgan fingerprint density at radius 2 is 1.92 bits per heavy atom. The second-order valence-corrected chi connectivity index (χ2v) is 6.37. The van der Waals surface area contributed by atoms with Crippen molar-refractivity contribution in [2.45, 2.75) is 39.2 Å². The summed E-state index contributed by atoms with van der Waals surface area (Å²) >= 11 is 0. The zero-order valence-corrected chi connectivity index (χ0v) is 14.4. The summed E-state index contributed by atoms with van der Waals surface area (Å²) in [7, 11) is 1.55. The van der Waals surface area contributed by atoms with Gasteiger partial charge in [-0.3, -0.25) is 9.59 Å². The van der Waals surface area contributed by atoms with Gasteiger partial charge in [0.05, 0.1) is 13.2 Å². The number of rotatable bonds is 6. The Morgan fingerprint density at radius 3 is 2.46 bits per heavy atom. The van der Waals surface area contributed by atoms with Crippen LogP contribution in [0.2, 0.25) is 0 Å². The van der Waals surface area contributed by atoms with Gasteiger partial charge in [0.15, 0.2) is 11.5 Å². The minimum atomic E-state index is -0.773. The molecular weight excluding hydrogens is 310 g/mol. The Kier molecular flexibility index (Phi) is 6.06. The molecule has 0 radical (unpaired) electrons. The number of nitrogens with zero attached hydrogens (tertiary/aromatic N) is 1. The zero-order valence-electron chi connectivity index (χ0n) is 14.4. The van der Waals surface area contributed by atoms with E-state index in [2.05, 4.69) is 0 Å². The van der Waals surface area contributed by atoms with Crippen molar-refractivity contribution in [1.29, 1.82) is 0 Å². The summed E-state index contributed by atoms with van der Waals surface area (Å²) in [4.78, 5) is 25.2. The molecule has 2 rings (SSSR count). The van der Waals surface area contributed by atoms with Gasteiger partial charge >= 0.3 is 5.97 Å². The Hall–Kier alpha value is -2.24. The molecule has 0 bridgehead atoms. The van der Waals surface area contributed by atoms with Crippen molar-refractivity contribution in [1.82, 2.24) is 4.90 Å². The molecule has 1 aromatic carbocycles. The molecule has 1 fully saturated rings. The number of carbonyl (C=O) groups excluding carboxylic acids is 1. The van der Waals surface area contributed by atoms with E-state index in [0.717, 1.165) is 12.8 Å². The highest BCUT2D eigenvalue weighted by molar-refractivity contribution is 5.95. The number of likely N-dealkylation sites (tertiary alicyclic amines) is 1. The number of piperidine rings is 1. The summed E-state index contributed by atoms with van der Waals surface area (Å²) in [5.74, 6) is 0.478. The minimum absolute atomic E-state index is 0.0220. The molecule has 1 N–H and O–H groups in total. The van der Waals surface area contributed by atoms with Crippen molar-refractivity contribution in [2.75, 3.05) is 20.2 Å². The third kappa shape index (κ3) is 4.63. The number of aliphatic carboxylic acids is 1. The van der Waals surface area contributed by atoms with Gasteiger partial charge in [-0.25, -0.2) is 0 Å². The van der Waals surface area contributed by atoms with Crippen molar-refractivity contribution >= 4 is 11.9 Å². The lowest BCUT2D eigenvalue weighted by Crippen LogP contribution is -2.38. The second-order valence-electron chi connectivity index (χ2n) is 6.37. The van der Waals surface area contributed by atoms with Crippen molar-refractivity contribution in [2.24, 2.45) is 5.92 Å². The number of hydrogen-bond donors (Lipinski definition) is 1. The largest absolute Gasteiger partial charge is 0.493 e. The van der Waals surface area contributed by atoms with E-state index in [0.29, 0.717) is 30.2 Å². The van der Waals surface area contributed by atoms with E-state index in [1.807, 2.05) is 13.8 Å². The molecule has 1 heterocycles. The van der Waals surface area contributed by atoms with Crippen LogP contribution >= 0.6 is 0 Å². The zero-order chi connectivity index (χ0) is 17.7. The molecule has 1 amide bonds. The molecule has 6 heteroatoms. The number of ether oxygens (including phenoxy) is 2. The fourth-order valence-electron chi connectivity index (χ4n) is 2.92. The fourth-order valence-corrected chi connectivity index (χ4v) is 2.92. The minimum Gasteiger partial charge on any atom is -0.493 e. The average Bonchev–Trinajstić information content (AvgIpc) is 2.54. The lowest BCUT2D eigenvalue weighted by Gasteiger charge is -2.31. The van der Waals surface area contributed by atoms with Crippen LogP contribution in [0.4, 0.5) is 0 Å². The van der Waals surface area contributed by atoms with Gasteiger partial charge in [0.25, 0.3) is 5.91 Å². The predicted octanol–water partition coefficient (Wildman–Crippen LogP) is 2.81. The molecule has 0 aromatic heterocycles. The lowest BCUT2D eigenvalue weighted by molar-refractivity contribution is -0.138. The Morgan fingerprint density at radius 1 is 1.25 bits per heavy atom. The molecule has 6 nitrogen and oxygen atoms in total. The maximum Gasteiger partial charge on any atom is 0.303 e. The third-order valence-electron chi connectivity index (χ3n) is 4.14. The Labute approximate surface area is 142 Å². The maximum atomic E-state index is 12.6. The molecule has 1 aliphatic heterocycles. The van der Waals surface area contributed by atoms with E-state index in [1.54, 1.807) is 30.2 Å². The number of amides is 1. The summed E-state index contributed by atoms with van der Waals surface area (Å²) in [5.41, 5.74) is 0.555. The van der Waals surface area contributed by atoms with E-state index < -0.39 is 5.97 Å². The number of carboxylic acids is 1. The molecule has 1 aromatic rings. The first-order valence-corrected chi connectivity index (χ1v) is 8.26. The summed E-state index contributed by atoms with van der Waals surface area (Å²) < 4.78 is 11.0. The number of hydrogen-bond acceptors (Lipinski definition) is 4. The first kappa shape index (κ1) is 18.1. The SMILES string of the molecule is COc1cc(C(=O)N2CCC(CC(=O)O)CC2)ccc1OC(C)C. The van der Waals surface area contributed by atoms with Crippen LogP contribution in [-0.4, -0.2) is 48.2 Å². The lowest BCUT2D eigenvalue weighted by atomic mass is 9.93. The summed E-state index contributed by atoms with van der Waals surface area (Å²) in [6.45, 7) is 5.03. The molecule has 0 saturated carbocycles. The van der Waals surface area contributed by atoms with Crippen LogP contribution < -0.4 is 9.47 Å². The van der Waals surface area contributed by atoms with Crippen LogP contribution in [-0.2, 0) is 4.79 Å². The van der Waals surface area contributed by atoms with Gasteiger partial charge in [-0.05, 0) is 50.8 Å². The van der Waals surface area contributed by atoms with E-state index in [1.165, 1.54) is 0 Å². The maximum absolute atomic E-state index is 12.6. The molecule has 24 heavy (non-hydrogen) atoms. The van der Waals surface area contributed by atoms with Crippen LogP contribution in [0.3, 0.4) is 0 Å². The van der Waals surface area contributed by atoms with Gasteiger partial charge < -0.3 is 19.5 Å². The van der Waals surface area contributed by atoms with E-state index in [-0.39, 0.29) is 24.3 Å². The fraction of sp³-hybridized carbons (Fsp3) is 0.556. The highest BCUT2D eigenvalue weighted by Crippen LogP contribution is 2.30. The van der Waals surface area contributed by atoms with Gasteiger partial charge in [-0.15, -0.1) is 0 Å². The summed E-state index contributed by atoms with van der Waals surface area (Å²) in [5, 5.41) is 8.86. The molecule has 0 unspecified atom stereocenters. The van der Waals surface area contributed by atoms with Crippen molar-refractivity contribution in [3.05, 3.63) is 23.8 Å². The molecule has 1 aliphatic rings. The van der Waals surface area contributed by atoms with Crippen molar-refractivity contribution in [3.8, 4) is 11.5 Å². The molecule has 132 valence electrons. The smallest absolute Gasteiger partial charge is 0.303 e. The molecule has 0 atom stereocenters. The Bertz CT molecular complexity index is 591. The standard InChI is InChI=1S/C18H25NO5/c1-12(2)24-15-5-4-14(11-16(15)23-3)18(22)19-8-6-13(7-9-19)10-17(20)21/h4-5,11-13H,6-10H2,1-3H3,(H,20,21). The molecular formula is C18H25NO5. The van der Waals surface area contributed by atoms with Crippen LogP contribution in [0.15, 0.2) is 18.2 Å². The van der Waals surface area contributed by atoms with Crippen molar-refractivity contribution in [3.63, 3.8) is 0 Å². The first-order chi connectivity index (χ1) is 11.4. The van der Waals surface area contributed by atoms with E-state index in [4.69, 9.17) is 14.6 Å². The van der Waals surface area contributed by atoms with Gasteiger partial charge in [0.1, 0.15) is 0 Å².